The van der Waals surface area contributed by atoms with Crippen LogP contribution >= 0.6 is 12.2 Å². The fourth-order valence-corrected chi connectivity index (χ4v) is 2.81. The summed E-state index contributed by atoms with van der Waals surface area (Å²) in [6.07, 6.45) is 8.32. The molecule has 0 aliphatic heterocycles. The highest BCUT2D eigenvalue weighted by molar-refractivity contribution is 7.80. The lowest BCUT2D eigenvalue weighted by Gasteiger charge is -2.12. The molecule has 1 aliphatic rings. The van der Waals surface area contributed by atoms with E-state index in [1.54, 1.807) is 0 Å². The maximum atomic E-state index is 5.26. The van der Waals surface area contributed by atoms with Gasteiger partial charge >= 0.3 is 0 Å². The van der Waals surface area contributed by atoms with Crippen molar-refractivity contribution >= 4 is 23.0 Å². The number of para-hydroxylation sites is 1. The van der Waals surface area contributed by atoms with Crippen LogP contribution in [0.2, 0.25) is 0 Å². The van der Waals surface area contributed by atoms with Crippen molar-refractivity contribution < 1.29 is 0 Å². The van der Waals surface area contributed by atoms with E-state index >= 15 is 0 Å². The van der Waals surface area contributed by atoms with E-state index in [1.165, 1.54) is 38.5 Å². The third kappa shape index (κ3) is 4.65. The van der Waals surface area contributed by atoms with Crippen molar-refractivity contribution in [1.82, 2.24) is 5.32 Å². The van der Waals surface area contributed by atoms with Gasteiger partial charge in [0.2, 0.25) is 0 Å². The molecule has 1 aromatic rings. The van der Waals surface area contributed by atoms with E-state index in [4.69, 9.17) is 12.2 Å². The summed E-state index contributed by atoms with van der Waals surface area (Å²) in [6.45, 7) is 0.981. The highest BCUT2D eigenvalue weighted by Crippen LogP contribution is 2.28. The van der Waals surface area contributed by atoms with Crippen molar-refractivity contribution in [3.63, 3.8) is 0 Å². The molecule has 0 saturated heterocycles. The molecule has 2 nitrogen and oxygen atoms in total. The van der Waals surface area contributed by atoms with E-state index in [1.807, 2.05) is 30.3 Å². The number of nitrogens with one attached hydrogen (secondary N) is 2. The zero-order valence-electron chi connectivity index (χ0n) is 10.8. The molecule has 18 heavy (non-hydrogen) atoms. The fraction of sp³-hybridized carbons (Fsp3) is 0.533. The van der Waals surface area contributed by atoms with E-state index in [-0.39, 0.29) is 0 Å². The summed E-state index contributed by atoms with van der Waals surface area (Å²) in [5, 5.41) is 7.20. The van der Waals surface area contributed by atoms with Gasteiger partial charge in [0.1, 0.15) is 0 Å². The second-order valence-corrected chi connectivity index (χ2v) is 5.45. The molecule has 0 bridgehead atoms. The number of hydrogen-bond acceptors (Lipinski definition) is 1. The predicted molar refractivity (Wildman–Crippen MR) is 81.9 cm³/mol. The van der Waals surface area contributed by atoms with Crippen LogP contribution in [0.15, 0.2) is 30.3 Å². The van der Waals surface area contributed by atoms with Gasteiger partial charge in [0, 0.05) is 12.2 Å². The van der Waals surface area contributed by atoms with Crippen LogP contribution in [0.25, 0.3) is 0 Å². The number of hydrogen-bond donors (Lipinski definition) is 2. The lowest BCUT2D eigenvalue weighted by molar-refractivity contribution is 0.482. The van der Waals surface area contributed by atoms with Gasteiger partial charge in [0.15, 0.2) is 5.11 Å². The highest BCUT2D eigenvalue weighted by Gasteiger charge is 2.13. The SMILES string of the molecule is S=C(NCCCC1CCCC1)Nc1ccccc1. The van der Waals surface area contributed by atoms with Crippen LogP contribution in [0, 0.1) is 5.92 Å². The average molecular weight is 262 g/mol. The van der Waals surface area contributed by atoms with E-state index in [0.717, 1.165) is 23.3 Å². The van der Waals surface area contributed by atoms with Crippen LogP contribution < -0.4 is 10.6 Å². The molecule has 3 heteroatoms. The van der Waals surface area contributed by atoms with Gasteiger partial charge in [0.25, 0.3) is 0 Å². The largest absolute Gasteiger partial charge is 0.362 e. The molecule has 1 aliphatic carbocycles. The molecule has 0 aromatic heterocycles. The summed E-state index contributed by atoms with van der Waals surface area (Å²) in [6, 6.07) is 10.1. The fourth-order valence-electron chi connectivity index (χ4n) is 2.59. The van der Waals surface area contributed by atoms with E-state index in [2.05, 4.69) is 10.6 Å². The Kier molecular flexibility index (Phi) is 5.46. The molecule has 0 heterocycles. The van der Waals surface area contributed by atoms with Crippen molar-refractivity contribution in [2.45, 2.75) is 38.5 Å². The third-order valence-electron chi connectivity index (χ3n) is 3.58. The van der Waals surface area contributed by atoms with Gasteiger partial charge in [0.05, 0.1) is 0 Å². The molecule has 0 atom stereocenters. The van der Waals surface area contributed by atoms with E-state index < -0.39 is 0 Å². The van der Waals surface area contributed by atoms with Crippen LogP contribution in [0.5, 0.6) is 0 Å². The molecule has 98 valence electrons. The molecule has 1 saturated carbocycles. The van der Waals surface area contributed by atoms with Gasteiger partial charge in [-0.15, -0.1) is 0 Å². The Labute approximate surface area is 115 Å². The molecule has 1 fully saturated rings. The summed E-state index contributed by atoms with van der Waals surface area (Å²) in [7, 11) is 0. The molecule has 2 rings (SSSR count). The summed E-state index contributed by atoms with van der Waals surface area (Å²) >= 11 is 5.26. The second-order valence-electron chi connectivity index (χ2n) is 5.04. The van der Waals surface area contributed by atoms with Crippen LogP contribution in [-0.2, 0) is 0 Å². The van der Waals surface area contributed by atoms with Crippen LogP contribution in [0.4, 0.5) is 5.69 Å². The van der Waals surface area contributed by atoms with E-state index in [9.17, 15) is 0 Å². The summed E-state index contributed by atoms with van der Waals surface area (Å²) < 4.78 is 0. The Hall–Kier alpha value is -1.09. The number of anilines is 1. The first-order valence-electron chi connectivity index (χ1n) is 6.94. The molecular formula is C15H22N2S. The number of thiocarbonyl (C=S) groups is 1. The minimum Gasteiger partial charge on any atom is -0.362 e. The zero-order chi connectivity index (χ0) is 12.6. The average Bonchev–Trinajstić information content (AvgIpc) is 2.89. The quantitative estimate of drug-likeness (QED) is 0.621. The number of rotatable bonds is 5. The molecule has 0 amide bonds. The Bertz CT molecular complexity index is 358. The Morgan fingerprint density at radius 3 is 2.61 bits per heavy atom. The zero-order valence-corrected chi connectivity index (χ0v) is 11.6. The highest BCUT2D eigenvalue weighted by atomic mass is 32.1. The summed E-state index contributed by atoms with van der Waals surface area (Å²) in [5.41, 5.74) is 1.05. The number of benzene rings is 1. The molecule has 0 unspecified atom stereocenters. The van der Waals surface area contributed by atoms with Gasteiger partial charge in [-0.3, -0.25) is 0 Å². The lowest BCUT2D eigenvalue weighted by Crippen LogP contribution is -2.29. The Morgan fingerprint density at radius 2 is 1.89 bits per heavy atom. The van der Waals surface area contributed by atoms with Gasteiger partial charge in [-0.05, 0) is 43.1 Å². The van der Waals surface area contributed by atoms with E-state index in [0.29, 0.717) is 0 Å². The van der Waals surface area contributed by atoms with Crippen molar-refractivity contribution in [1.29, 1.82) is 0 Å². The minimum atomic E-state index is 0.729. The third-order valence-corrected chi connectivity index (χ3v) is 3.83. The maximum Gasteiger partial charge on any atom is 0.170 e. The first-order chi connectivity index (χ1) is 8.84. The van der Waals surface area contributed by atoms with Gasteiger partial charge < -0.3 is 10.6 Å². The van der Waals surface area contributed by atoms with Crippen molar-refractivity contribution in [3.05, 3.63) is 30.3 Å². The summed E-state index contributed by atoms with van der Waals surface area (Å²) in [4.78, 5) is 0. The summed E-state index contributed by atoms with van der Waals surface area (Å²) in [5.74, 6) is 0.974. The molecular weight excluding hydrogens is 240 g/mol. The first kappa shape index (κ1) is 13.3. The van der Waals surface area contributed by atoms with Crippen LogP contribution in [0.1, 0.15) is 38.5 Å². The minimum absolute atomic E-state index is 0.729. The smallest absolute Gasteiger partial charge is 0.170 e. The van der Waals surface area contributed by atoms with Crippen LogP contribution in [-0.4, -0.2) is 11.7 Å². The van der Waals surface area contributed by atoms with Crippen molar-refractivity contribution in [2.24, 2.45) is 5.92 Å². The maximum absolute atomic E-state index is 5.26. The van der Waals surface area contributed by atoms with Crippen molar-refractivity contribution in [3.8, 4) is 0 Å². The Balaban J connectivity index is 1.57. The molecule has 0 radical (unpaired) electrons. The standard InChI is InChI=1S/C15H22N2S/c18-15(17-14-10-2-1-3-11-14)16-12-6-9-13-7-4-5-8-13/h1-3,10-11,13H,4-9,12H2,(H2,16,17,18). The topological polar surface area (TPSA) is 24.1 Å². The normalized spacial score (nSPS) is 15.6. The Morgan fingerprint density at radius 1 is 1.17 bits per heavy atom. The van der Waals surface area contributed by atoms with Gasteiger partial charge in [-0.1, -0.05) is 43.9 Å². The van der Waals surface area contributed by atoms with Gasteiger partial charge in [-0.2, -0.15) is 0 Å². The predicted octanol–water partition coefficient (Wildman–Crippen LogP) is 3.94. The molecule has 1 aromatic carbocycles. The van der Waals surface area contributed by atoms with Crippen LogP contribution in [0.3, 0.4) is 0 Å². The monoisotopic (exact) mass is 262 g/mol. The molecule has 2 N–H and O–H groups in total. The molecule has 0 spiro atoms. The van der Waals surface area contributed by atoms with Crippen molar-refractivity contribution in [2.75, 3.05) is 11.9 Å². The second kappa shape index (κ2) is 7.37. The van der Waals surface area contributed by atoms with Gasteiger partial charge in [-0.25, -0.2) is 0 Å². The lowest BCUT2D eigenvalue weighted by atomic mass is 10.0. The first-order valence-corrected chi connectivity index (χ1v) is 7.35.